The Morgan fingerprint density at radius 3 is 2.24 bits per heavy atom. The summed E-state index contributed by atoms with van der Waals surface area (Å²) in [6, 6.07) is 18.4. The number of ketones is 1. The van der Waals surface area contributed by atoms with Crippen LogP contribution in [0.3, 0.4) is 0 Å². The standard InChI is InChI=1S/C15H16Cl3N3O2.C13H10O2/c1-2-4-20(15(22)21-5-3-19-10-21)6-7-23-14-12(17)8-11(16)9-13(14)18;14-12-9-5-4-8-11(12)13(15)10-6-2-1-3-7-10/h3,5,8-10H,2,4,6-7H2,1H3;1-9,14H. The van der Waals surface area contributed by atoms with Gasteiger partial charge in [-0.3, -0.25) is 9.36 Å². The van der Waals surface area contributed by atoms with Gasteiger partial charge in [-0.2, -0.15) is 0 Å². The van der Waals surface area contributed by atoms with Crippen molar-refractivity contribution in [2.45, 2.75) is 13.3 Å². The third-order valence-corrected chi connectivity index (χ3v) is 6.02. The Labute approximate surface area is 236 Å². The lowest BCUT2D eigenvalue weighted by Crippen LogP contribution is -2.37. The highest BCUT2D eigenvalue weighted by molar-refractivity contribution is 6.40. The highest BCUT2D eigenvalue weighted by Crippen LogP contribution is 2.35. The van der Waals surface area contributed by atoms with Crippen LogP contribution in [0.25, 0.3) is 0 Å². The molecule has 0 fully saturated rings. The number of para-hydroxylation sites is 1. The molecule has 1 heterocycles. The molecule has 0 aliphatic heterocycles. The zero-order chi connectivity index (χ0) is 27.5. The number of aromatic hydroxyl groups is 1. The summed E-state index contributed by atoms with van der Waals surface area (Å²) in [7, 11) is 0. The van der Waals surface area contributed by atoms with Crippen LogP contribution < -0.4 is 4.74 Å². The molecule has 7 nitrogen and oxygen atoms in total. The van der Waals surface area contributed by atoms with Crippen molar-refractivity contribution < 1.29 is 19.4 Å². The maximum Gasteiger partial charge on any atom is 0.329 e. The molecule has 10 heteroatoms. The molecule has 0 saturated carbocycles. The lowest BCUT2D eigenvalue weighted by Gasteiger charge is -2.22. The summed E-state index contributed by atoms with van der Waals surface area (Å²) >= 11 is 18.0. The molecule has 1 N–H and O–H groups in total. The quantitative estimate of drug-likeness (QED) is 0.225. The Bertz CT molecular complexity index is 1330. The van der Waals surface area contributed by atoms with Gasteiger partial charge < -0.3 is 14.7 Å². The van der Waals surface area contributed by atoms with Crippen LogP contribution in [-0.2, 0) is 0 Å². The van der Waals surface area contributed by atoms with Crippen LogP contribution in [0.1, 0.15) is 29.3 Å². The fourth-order valence-corrected chi connectivity index (χ4v) is 4.37. The molecule has 4 rings (SSSR count). The lowest BCUT2D eigenvalue weighted by atomic mass is 10.0. The van der Waals surface area contributed by atoms with Crippen LogP contribution in [0.4, 0.5) is 4.79 Å². The number of phenolic OH excluding ortho intramolecular Hbond substituents is 1. The van der Waals surface area contributed by atoms with E-state index in [-0.39, 0.29) is 24.2 Å². The lowest BCUT2D eigenvalue weighted by molar-refractivity contribution is 0.103. The minimum absolute atomic E-state index is 0.0198. The predicted octanol–water partition coefficient (Wildman–Crippen LogP) is 7.23. The molecular weight excluding hydrogens is 549 g/mol. The maximum atomic E-state index is 12.3. The predicted molar refractivity (Wildman–Crippen MR) is 150 cm³/mol. The van der Waals surface area contributed by atoms with Crippen LogP contribution in [0.15, 0.2) is 85.5 Å². The van der Waals surface area contributed by atoms with Crippen molar-refractivity contribution in [2.24, 2.45) is 0 Å². The van der Waals surface area contributed by atoms with Crippen molar-refractivity contribution in [1.29, 1.82) is 0 Å². The van der Waals surface area contributed by atoms with E-state index in [4.69, 9.17) is 39.5 Å². The molecule has 1 aromatic heterocycles. The second kappa shape index (κ2) is 14.4. The monoisotopic (exact) mass is 573 g/mol. The second-order valence-corrected chi connectivity index (χ2v) is 9.25. The zero-order valence-corrected chi connectivity index (χ0v) is 22.8. The summed E-state index contributed by atoms with van der Waals surface area (Å²) in [6.07, 6.45) is 5.48. The number of halogens is 3. The minimum Gasteiger partial charge on any atom is -0.507 e. The number of nitrogens with zero attached hydrogens (tertiary/aromatic N) is 3. The first-order valence-corrected chi connectivity index (χ1v) is 12.9. The number of aromatic nitrogens is 2. The smallest absolute Gasteiger partial charge is 0.329 e. The van der Waals surface area contributed by atoms with E-state index in [1.54, 1.807) is 71.9 Å². The number of benzene rings is 3. The number of phenols is 1. The SMILES string of the molecule is CCCN(CCOc1c(Cl)cc(Cl)cc1Cl)C(=O)n1ccnc1.O=C(c1ccccc1)c1ccccc1O. The van der Waals surface area contributed by atoms with Crippen molar-refractivity contribution in [1.82, 2.24) is 14.5 Å². The summed E-state index contributed by atoms with van der Waals surface area (Å²) in [5.41, 5.74) is 0.919. The number of hydrogen-bond donors (Lipinski definition) is 1. The molecule has 0 bridgehead atoms. The molecule has 0 radical (unpaired) electrons. The number of amides is 1. The minimum atomic E-state index is -0.159. The Kier molecular flexibility index (Phi) is 11.0. The van der Waals surface area contributed by atoms with Gasteiger partial charge in [-0.1, -0.05) is 84.2 Å². The first-order chi connectivity index (χ1) is 18.3. The van der Waals surface area contributed by atoms with E-state index in [0.717, 1.165) is 6.42 Å². The Morgan fingerprint density at radius 2 is 1.63 bits per heavy atom. The van der Waals surface area contributed by atoms with Gasteiger partial charge in [0.2, 0.25) is 0 Å². The molecule has 3 aromatic carbocycles. The number of carbonyl (C=O) groups excluding carboxylic acids is 2. The average Bonchev–Trinajstić information content (AvgIpc) is 3.45. The van der Waals surface area contributed by atoms with E-state index in [1.165, 1.54) is 17.0 Å². The average molecular weight is 575 g/mol. The summed E-state index contributed by atoms with van der Waals surface area (Å²) in [4.78, 5) is 29.8. The van der Waals surface area contributed by atoms with Gasteiger partial charge >= 0.3 is 6.03 Å². The molecule has 0 aliphatic rings. The van der Waals surface area contributed by atoms with Crippen molar-refractivity contribution in [3.05, 3.63) is 112 Å². The summed E-state index contributed by atoms with van der Waals surface area (Å²) in [6.45, 7) is 3.28. The maximum absolute atomic E-state index is 12.3. The molecule has 0 unspecified atom stereocenters. The zero-order valence-electron chi connectivity index (χ0n) is 20.6. The van der Waals surface area contributed by atoms with Crippen LogP contribution in [0.2, 0.25) is 15.1 Å². The van der Waals surface area contributed by atoms with Crippen molar-refractivity contribution in [3.8, 4) is 11.5 Å². The first-order valence-electron chi connectivity index (χ1n) is 11.7. The molecule has 0 atom stereocenters. The number of ether oxygens (including phenoxy) is 1. The van der Waals surface area contributed by atoms with Crippen LogP contribution in [0, 0.1) is 0 Å². The van der Waals surface area contributed by atoms with E-state index in [1.807, 2.05) is 13.0 Å². The largest absolute Gasteiger partial charge is 0.507 e. The van der Waals surface area contributed by atoms with Gasteiger partial charge in [-0.05, 0) is 30.7 Å². The normalized spacial score (nSPS) is 10.3. The number of carbonyl (C=O) groups is 2. The number of rotatable bonds is 8. The highest BCUT2D eigenvalue weighted by atomic mass is 35.5. The molecule has 0 saturated heterocycles. The van der Waals surface area contributed by atoms with Gasteiger partial charge in [0.25, 0.3) is 0 Å². The topological polar surface area (TPSA) is 84.7 Å². The van der Waals surface area contributed by atoms with Gasteiger partial charge in [0.15, 0.2) is 11.5 Å². The number of hydrogen-bond acceptors (Lipinski definition) is 5. The molecular formula is C28H26Cl3N3O4. The molecule has 0 aliphatic carbocycles. The summed E-state index contributed by atoms with van der Waals surface area (Å²) in [5, 5.41) is 10.6. The fraction of sp³-hybridized carbons (Fsp3) is 0.179. The summed E-state index contributed by atoms with van der Waals surface area (Å²) < 4.78 is 7.05. The Balaban J connectivity index is 0.000000230. The van der Waals surface area contributed by atoms with Crippen LogP contribution >= 0.6 is 34.8 Å². The van der Waals surface area contributed by atoms with Crippen LogP contribution in [0.5, 0.6) is 11.5 Å². The van der Waals surface area contributed by atoms with Gasteiger partial charge in [0.05, 0.1) is 22.2 Å². The van der Waals surface area contributed by atoms with E-state index < -0.39 is 0 Å². The fourth-order valence-electron chi connectivity index (χ4n) is 3.44. The van der Waals surface area contributed by atoms with E-state index in [9.17, 15) is 14.7 Å². The summed E-state index contributed by atoms with van der Waals surface area (Å²) in [5.74, 6) is 0.226. The van der Waals surface area contributed by atoms with Crippen LogP contribution in [-0.4, -0.2) is 51.1 Å². The molecule has 1 amide bonds. The van der Waals surface area contributed by atoms with Crippen molar-refractivity contribution in [2.75, 3.05) is 19.7 Å². The van der Waals surface area contributed by atoms with Crippen molar-refractivity contribution in [3.63, 3.8) is 0 Å². The van der Waals surface area contributed by atoms with Crippen molar-refractivity contribution >= 4 is 46.6 Å². The van der Waals surface area contributed by atoms with E-state index in [0.29, 0.717) is 45.0 Å². The Hall–Kier alpha value is -3.52. The van der Waals surface area contributed by atoms with E-state index >= 15 is 0 Å². The molecule has 38 heavy (non-hydrogen) atoms. The second-order valence-electron chi connectivity index (χ2n) is 8.00. The molecule has 4 aromatic rings. The molecule has 0 spiro atoms. The Morgan fingerprint density at radius 1 is 0.974 bits per heavy atom. The highest BCUT2D eigenvalue weighted by Gasteiger charge is 2.16. The van der Waals surface area contributed by atoms with Gasteiger partial charge in [0.1, 0.15) is 18.7 Å². The number of imidazole rings is 1. The third-order valence-electron chi connectivity index (χ3n) is 5.24. The molecule has 198 valence electrons. The van der Waals surface area contributed by atoms with Gasteiger partial charge in [-0.25, -0.2) is 9.78 Å². The third kappa shape index (κ3) is 7.99. The first kappa shape index (κ1) is 29.0. The van der Waals surface area contributed by atoms with Gasteiger partial charge in [0, 0.05) is 29.5 Å². The van der Waals surface area contributed by atoms with E-state index in [2.05, 4.69) is 4.98 Å². The van der Waals surface area contributed by atoms with Gasteiger partial charge in [-0.15, -0.1) is 0 Å².